The summed E-state index contributed by atoms with van der Waals surface area (Å²) in [5.74, 6) is 1.33. The SMILES string of the molecule is C=C(c1ccc(C2=NOC(C)(C)C2=O)cc1)N(c1ncccc1OC)C1CCCNC1. The molecular formula is C24H28N4O3. The summed E-state index contributed by atoms with van der Waals surface area (Å²) in [6.07, 6.45) is 3.88. The Bertz CT molecular complexity index is 1010. The molecule has 162 valence electrons. The molecule has 1 aromatic heterocycles. The average Bonchev–Trinajstić information content (AvgIpc) is 3.07. The number of piperidine rings is 1. The van der Waals surface area contributed by atoms with E-state index in [0.717, 1.165) is 48.6 Å². The molecule has 1 aromatic carbocycles. The number of pyridine rings is 1. The van der Waals surface area contributed by atoms with Gasteiger partial charge >= 0.3 is 0 Å². The van der Waals surface area contributed by atoms with Crippen LogP contribution in [0.4, 0.5) is 5.82 Å². The molecule has 1 N–H and O–H groups in total. The third kappa shape index (κ3) is 4.05. The first-order valence-electron chi connectivity index (χ1n) is 10.5. The smallest absolute Gasteiger partial charge is 0.230 e. The Kier molecular flexibility index (Phi) is 5.78. The van der Waals surface area contributed by atoms with Crippen molar-refractivity contribution in [1.29, 1.82) is 0 Å². The van der Waals surface area contributed by atoms with E-state index >= 15 is 0 Å². The van der Waals surface area contributed by atoms with Gasteiger partial charge in [-0.3, -0.25) is 4.79 Å². The van der Waals surface area contributed by atoms with Crippen molar-refractivity contribution < 1.29 is 14.4 Å². The number of oxime groups is 1. The maximum Gasteiger partial charge on any atom is 0.230 e. The molecule has 1 saturated heterocycles. The number of hydrogen-bond acceptors (Lipinski definition) is 7. The highest BCUT2D eigenvalue weighted by Crippen LogP contribution is 2.34. The van der Waals surface area contributed by atoms with Gasteiger partial charge in [0, 0.05) is 30.0 Å². The molecular weight excluding hydrogens is 392 g/mol. The Morgan fingerprint density at radius 3 is 2.68 bits per heavy atom. The number of carbonyl (C=O) groups excluding carboxylic acids is 1. The Balaban J connectivity index is 1.65. The lowest BCUT2D eigenvalue weighted by atomic mass is 9.95. The Morgan fingerprint density at radius 2 is 2.06 bits per heavy atom. The van der Waals surface area contributed by atoms with Gasteiger partial charge in [0.1, 0.15) is 0 Å². The zero-order chi connectivity index (χ0) is 22.0. The third-order valence-electron chi connectivity index (χ3n) is 5.74. The number of methoxy groups -OCH3 is 1. The number of carbonyl (C=O) groups is 1. The summed E-state index contributed by atoms with van der Waals surface area (Å²) in [5.41, 5.74) is 1.93. The predicted octanol–water partition coefficient (Wildman–Crippen LogP) is 3.40. The van der Waals surface area contributed by atoms with Crippen LogP contribution in [0.3, 0.4) is 0 Å². The lowest BCUT2D eigenvalue weighted by molar-refractivity contribution is -0.128. The van der Waals surface area contributed by atoms with E-state index < -0.39 is 5.60 Å². The number of rotatable bonds is 6. The molecule has 2 aliphatic heterocycles. The summed E-state index contributed by atoms with van der Waals surface area (Å²) in [6.45, 7) is 9.69. The van der Waals surface area contributed by atoms with Gasteiger partial charge in [-0.2, -0.15) is 0 Å². The van der Waals surface area contributed by atoms with E-state index in [9.17, 15) is 4.79 Å². The number of ketones is 1. The summed E-state index contributed by atoms with van der Waals surface area (Å²) < 4.78 is 5.59. The first kappa shape index (κ1) is 21.1. The molecule has 4 rings (SSSR count). The summed E-state index contributed by atoms with van der Waals surface area (Å²) >= 11 is 0. The molecule has 0 saturated carbocycles. The first-order chi connectivity index (χ1) is 14.9. The monoisotopic (exact) mass is 420 g/mol. The summed E-state index contributed by atoms with van der Waals surface area (Å²) in [4.78, 5) is 24.6. The molecule has 2 aliphatic rings. The summed E-state index contributed by atoms with van der Waals surface area (Å²) in [6, 6.07) is 11.7. The summed E-state index contributed by atoms with van der Waals surface area (Å²) in [5, 5.41) is 7.46. The summed E-state index contributed by atoms with van der Waals surface area (Å²) in [7, 11) is 1.65. The van der Waals surface area contributed by atoms with Crippen LogP contribution in [-0.4, -0.2) is 48.3 Å². The number of anilines is 1. The normalized spacial score (nSPS) is 20.0. The largest absolute Gasteiger partial charge is 0.493 e. The zero-order valence-corrected chi connectivity index (χ0v) is 18.2. The molecule has 7 heteroatoms. The van der Waals surface area contributed by atoms with Crippen LogP contribution in [0.15, 0.2) is 54.3 Å². The van der Waals surface area contributed by atoms with Crippen molar-refractivity contribution in [3.63, 3.8) is 0 Å². The highest BCUT2D eigenvalue weighted by Gasteiger charge is 2.40. The van der Waals surface area contributed by atoms with Gasteiger partial charge < -0.3 is 19.8 Å². The lowest BCUT2D eigenvalue weighted by Crippen LogP contribution is -2.45. The van der Waals surface area contributed by atoms with Crippen LogP contribution < -0.4 is 15.0 Å². The molecule has 31 heavy (non-hydrogen) atoms. The second-order valence-electron chi connectivity index (χ2n) is 8.29. The van der Waals surface area contributed by atoms with Gasteiger partial charge in [0.15, 0.2) is 22.9 Å². The van der Waals surface area contributed by atoms with Gasteiger partial charge in [0.25, 0.3) is 0 Å². The fraction of sp³-hybridized carbons (Fsp3) is 0.375. The number of nitrogens with one attached hydrogen (secondary N) is 1. The van der Waals surface area contributed by atoms with E-state index in [2.05, 4.69) is 26.9 Å². The minimum absolute atomic E-state index is 0.118. The molecule has 1 atom stereocenters. The number of nitrogens with zero attached hydrogens (tertiary/aromatic N) is 3. The van der Waals surface area contributed by atoms with Gasteiger partial charge in [0.05, 0.1) is 7.11 Å². The molecule has 3 heterocycles. The minimum Gasteiger partial charge on any atom is -0.493 e. The van der Waals surface area contributed by atoms with Crippen molar-refractivity contribution >= 4 is 23.0 Å². The van der Waals surface area contributed by atoms with E-state index in [1.54, 1.807) is 27.2 Å². The van der Waals surface area contributed by atoms with Gasteiger partial charge in [0.2, 0.25) is 5.78 Å². The van der Waals surface area contributed by atoms with Crippen LogP contribution in [0.25, 0.3) is 5.70 Å². The number of Topliss-reactive ketones (excluding diaryl/α,β-unsaturated/α-hetero) is 1. The predicted molar refractivity (Wildman–Crippen MR) is 121 cm³/mol. The van der Waals surface area contributed by atoms with E-state index in [1.165, 1.54) is 0 Å². The highest BCUT2D eigenvalue weighted by molar-refractivity contribution is 6.49. The zero-order valence-electron chi connectivity index (χ0n) is 18.2. The van der Waals surface area contributed by atoms with Crippen LogP contribution in [0.5, 0.6) is 5.75 Å². The van der Waals surface area contributed by atoms with Crippen LogP contribution in [-0.2, 0) is 9.63 Å². The molecule has 2 aromatic rings. The molecule has 0 radical (unpaired) electrons. The van der Waals surface area contributed by atoms with Crippen molar-refractivity contribution in [1.82, 2.24) is 10.3 Å². The van der Waals surface area contributed by atoms with E-state index in [1.807, 2.05) is 36.4 Å². The molecule has 0 amide bonds. The number of aromatic nitrogens is 1. The van der Waals surface area contributed by atoms with Crippen molar-refractivity contribution in [2.24, 2.45) is 5.16 Å². The molecule has 0 aliphatic carbocycles. The number of hydrogen-bond donors (Lipinski definition) is 1. The third-order valence-corrected chi connectivity index (χ3v) is 5.74. The maximum atomic E-state index is 12.5. The van der Waals surface area contributed by atoms with Crippen LogP contribution in [0.2, 0.25) is 0 Å². The Hall–Kier alpha value is -3.19. The van der Waals surface area contributed by atoms with Crippen molar-refractivity contribution in [2.75, 3.05) is 25.1 Å². The number of benzene rings is 1. The number of ether oxygens (including phenoxy) is 1. The Labute approximate surface area is 182 Å². The van der Waals surface area contributed by atoms with E-state index in [4.69, 9.17) is 9.57 Å². The first-order valence-corrected chi connectivity index (χ1v) is 10.5. The molecule has 0 spiro atoms. The van der Waals surface area contributed by atoms with Gasteiger partial charge in [-0.25, -0.2) is 4.98 Å². The lowest BCUT2D eigenvalue weighted by Gasteiger charge is -2.37. The molecule has 0 bridgehead atoms. The second-order valence-corrected chi connectivity index (χ2v) is 8.29. The highest BCUT2D eigenvalue weighted by atomic mass is 16.7. The Morgan fingerprint density at radius 1 is 1.29 bits per heavy atom. The van der Waals surface area contributed by atoms with Gasteiger partial charge in [-0.15, -0.1) is 0 Å². The van der Waals surface area contributed by atoms with Crippen molar-refractivity contribution in [3.05, 3.63) is 60.3 Å². The quantitative estimate of drug-likeness (QED) is 0.772. The van der Waals surface area contributed by atoms with Crippen molar-refractivity contribution in [2.45, 2.75) is 38.3 Å². The molecule has 1 fully saturated rings. The minimum atomic E-state index is -0.919. The van der Waals surface area contributed by atoms with Gasteiger partial charge in [-0.1, -0.05) is 36.0 Å². The maximum absolute atomic E-state index is 12.5. The van der Waals surface area contributed by atoms with Crippen LogP contribution >= 0.6 is 0 Å². The van der Waals surface area contributed by atoms with Gasteiger partial charge in [-0.05, 0) is 50.9 Å². The molecule has 7 nitrogen and oxygen atoms in total. The fourth-order valence-corrected chi connectivity index (χ4v) is 3.97. The van der Waals surface area contributed by atoms with Crippen LogP contribution in [0, 0.1) is 0 Å². The van der Waals surface area contributed by atoms with E-state index in [0.29, 0.717) is 11.5 Å². The topological polar surface area (TPSA) is 76.0 Å². The molecule has 1 unspecified atom stereocenters. The standard InChI is InChI=1S/C24H28N4O3/c1-16(17-9-11-18(12-10-17)21-22(29)24(2,3)31-27-21)28(19-7-5-13-25-15-19)23-20(30-4)8-6-14-26-23/h6,8-12,14,19,25H,1,5,7,13,15H2,2-4H3. The van der Waals surface area contributed by atoms with Crippen LogP contribution in [0.1, 0.15) is 37.8 Å². The van der Waals surface area contributed by atoms with E-state index in [-0.39, 0.29) is 11.8 Å². The second kappa shape index (κ2) is 8.51. The van der Waals surface area contributed by atoms with Crippen molar-refractivity contribution in [3.8, 4) is 5.75 Å². The average molecular weight is 421 g/mol. The fourth-order valence-electron chi connectivity index (χ4n) is 3.97.